The van der Waals surface area contributed by atoms with Crippen molar-refractivity contribution in [2.24, 2.45) is 0 Å². The third-order valence-electron chi connectivity index (χ3n) is 4.67. The highest BCUT2D eigenvalue weighted by Gasteiger charge is 2.28. The zero-order valence-electron chi connectivity index (χ0n) is 14.2. The number of likely N-dealkylation sites (tertiary alicyclic amines) is 1. The third-order valence-corrected chi connectivity index (χ3v) is 5.30. The van der Waals surface area contributed by atoms with Crippen molar-refractivity contribution in [3.05, 3.63) is 69.0 Å². The Labute approximate surface area is 154 Å². The molecule has 26 heavy (non-hydrogen) atoms. The Hall–Kier alpha value is -2.74. The largest absolute Gasteiger partial charge is 0.338 e. The lowest BCUT2D eigenvalue weighted by Crippen LogP contribution is -2.40. The quantitative estimate of drug-likeness (QED) is 0.763. The molecular weight excluding hydrogens is 350 g/mol. The zero-order chi connectivity index (χ0) is 17.9. The molecule has 1 fully saturated rings. The van der Waals surface area contributed by atoms with E-state index < -0.39 is 0 Å². The van der Waals surface area contributed by atoms with Crippen LogP contribution in [0.15, 0.2) is 46.4 Å². The molecule has 0 aromatic carbocycles. The Morgan fingerprint density at radius 3 is 3.04 bits per heavy atom. The van der Waals surface area contributed by atoms with Crippen LogP contribution in [0.25, 0.3) is 0 Å². The molecule has 7 nitrogen and oxygen atoms in total. The Bertz CT molecular complexity index is 926. The van der Waals surface area contributed by atoms with Gasteiger partial charge in [0.2, 0.25) is 5.56 Å². The van der Waals surface area contributed by atoms with Crippen molar-refractivity contribution in [3.8, 4) is 0 Å². The summed E-state index contributed by atoms with van der Waals surface area (Å²) >= 11 is 1.58. The van der Waals surface area contributed by atoms with Gasteiger partial charge >= 0.3 is 0 Å². The summed E-state index contributed by atoms with van der Waals surface area (Å²) in [5.41, 5.74) is 3.15. The number of amides is 1. The minimum absolute atomic E-state index is 0.0523. The standard InChI is InChI=1S/C18H19N5O2S/c24-16-4-3-13(8-20-16)18(25)23-6-1-2-14(9-23)17-19-5-7-22(17)10-15-11-26-12-21-15/h3-5,7-8,11-12,14H,1-2,6,9-10H2,(H,20,24)/t14-/m1/s1. The zero-order valence-corrected chi connectivity index (χ0v) is 15.0. The van der Waals surface area contributed by atoms with Gasteiger partial charge in [-0.2, -0.15) is 0 Å². The Kier molecular flexibility index (Phi) is 4.66. The van der Waals surface area contributed by atoms with Gasteiger partial charge < -0.3 is 14.5 Å². The number of H-pyrrole nitrogens is 1. The molecule has 0 bridgehead atoms. The lowest BCUT2D eigenvalue weighted by atomic mass is 9.96. The number of imidazole rings is 1. The normalized spacial score (nSPS) is 17.4. The van der Waals surface area contributed by atoms with Crippen LogP contribution >= 0.6 is 11.3 Å². The predicted molar refractivity (Wildman–Crippen MR) is 98.4 cm³/mol. The van der Waals surface area contributed by atoms with Crippen LogP contribution in [0.1, 0.15) is 40.6 Å². The van der Waals surface area contributed by atoms with Crippen LogP contribution in [0.3, 0.4) is 0 Å². The molecule has 0 radical (unpaired) electrons. The number of carbonyl (C=O) groups is 1. The van der Waals surface area contributed by atoms with Gasteiger partial charge in [-0.25, -0.2) is 9.97 Å². The SMILES string of the molecule is O=C(c1ccc(=O)[nH]c1)N1CCC[C@@H](c2nccn2Cc2cscn2)C1. The summed E-state index contributed by atoms with van der Waals surface area (Å²) in [7, 11) is 0. The summed E-state index contributed by atoms with van der Waals surface area (Å²) in [6.45, 7) is 2.05. The number of aromatic amines is 1. The van der Waals surface area contributed by atoms with E-state index in [1.165, 1.54) is 12.3 Å². The van der Waals surface area contributed by atoms with Crippen LogP contribution in [-0.2, 0) is 6.54 Å². The van der Waals surface area contributed by atoms with E-state index in [2.05, 4.69) is 19.5 Å². The van der Waals surface area contributed by atoms with E-state index in [0.717, 1.165) is 30.9 Å². The Morgan fingerprint density at radius 2 is 2.27 bits per heavy atom. The molecule has 0 aliphatic carbocycles. The molecule has 0 saturated carbocycles. The molecule has 1 saturated heterocycles. The molecule has 4 rings (SSSR count). The molecule has 1 atom stereocenters. The smallest absolute Gasteiger partial charge is 0.255 e. The summed E-state index contributed by atoms with van der Waals surface area (Å²) in [5, 5.41) is 2.04. The molecule has 3 aromatic rings. The van der Waals surface area contributed by atoms with Crippen molar-refractivity contribution in [1.29, 1.82) is 0 Å². The van der Waals surface area contributed by atoms with Gasteiger partial charge in [0.15, 0.2) is 0 Å². The molecule has 1 aliphatic rings. The van der Waals surface area contributed by atoms with E-state index in [9.17, 15) is 9.59 Å². The monoisotopic (exact) mass is 369 g/mol. The van der Waals surface area contributed by atoms with Crippen molar-refractivity contribution in [2.75, 3.05) is 13.1 Å². The Balaban J connectivity index is 1.50. The second kappa shape index (κ2) is 7.25. The number of thiazole rings is 1. The number of aromatic nitrogens is 4. The molecule has 0 spiro atoms. The van der Waals surface area contributed by atoms with Gasteiger partial charge in [-0.1, -0.05) is 0 Å². The van der Waals surface area contributed by atoms with Crippen LogP contribution in [0, 0.1) is 0 Å². The topological polar surface area (TPSA) is 83.9 Å². The summed E-state index contributed by atoms with van der Waals surface area (Å²) < 4.78 is 2.12. The maximum atomic E-state index is 12.7. The van der Waals surface area contributed by atoms with Crippen LogP contribution in [0.4, 0.5) is 0 Å². The van der Waals surface area contributed by atoms with Gasteiger partial charge in [0.1, 0.15) is 5.82 Å². The highest BCUT2D eigenvalue weighted by atomic mass is 32.1. The van der Waals surface area contributed by atoms with E-state index in [4.69, 9.17) is 0 Å². The summed E-state index contributed by atoms with van der Waals surface area (Å²) in [4.78, 5) is 37.2. The van der Waals surface area contributed by atoms with Crippen LogP contribution < -0.4 is 5.56 Å². The number of nitrogens with zero attached hydrogens (tertiary/aromatic N) is 4. The van der Waals surface area contributed by atoms with Crippen molar-refractivity contribution in [2.45, 2.75) is 25.3 Å². The molecule has 1 aliphatic heterocycles. The van der Waals surface area contributed by atoms with Gasteiger partial charge in [-0.05, 0) is 18.9 Å². The molecule has 4 heterocycles. The first-order chi connectivity index (χ1) is 12.7. The lowest BCUT2D eigenvalue weighted by Gasteiger charge is -2.32. The number of piperidine rings is 1. The molecular formula is C18H19N5O2S. The van der Waals surface area contributed by atoms with Crippen LogP contribution in [0.5, 0.6) is 0 Å². The first kappa shape index (κ1) is 16.7. The predicted octanol–water partition coefficient (Wildman–Crippen LogP) is 2.10. The average Bonchev–Trinajstić information content (AvgIpc) is 3.34. The maximum absolute atomic E-state index is 12.7. The second-order valence-corrected chi connectivity index (χ2v) is 7.14. The number of hydrogen-bond acceptors (Lipinski definition) is 5. The van der Waals surface area contributed by atoms with Crippen molar-refractivity contribution in [1.82, 2.24) is 24.4 Å². The lowest BCUT2D eigenvalue weighted by molar-refractivity contribution is 0.0703. The number of hydrogen-bond donors (Lipinski definition) is 1. The minimum Gasteiger partial charge on any atom is -0.338 e. The summed E-state index contributed by atoms with van der Waals surface area (Å²) in [6, 6.07) is 2.96. The first-order valence-corrected chi connectivity index (χ1v) is 9.51. The molecule has 3 aromatic heterocycles. The number of carbonyl (C=O) groups excluding carboxylic acids is 1. The van der Waals surface area contributed by atoms with Gasteiger partial charge in [0, 0.05) is 49.0 Å². The fourth-order valence-electron chi connectivity index (χ4n) is 3.40. The molecule has 134 valence electrons. The van der Waals surface area contributed by atoms with Crippen molar-refractivity contribution >= 4 is 17.2 Å². The highest BCUT2D eigenvalue weighted by molar-refractivity contribution is 7.07. The van der Waals surface area contributed by atoms with Gasteiger partial charge in [-0.3, -0.25) is 9.59 Å². The van der Waals surface area contributed by atoms with Crippen LogP contribution in [-0.4, -0.2) is 43.4 Å². The van der Waals surface area contributed by atoms with E-state index in [-0.39, 0.29) is 17.4 Å². The molecule has 8 heteroatoms. The minimum atomic E-state index is -0.206. The van der Waals surface area contributed by atoms with E-state index in [1.54, 1.807) is 17.4 Å². The third kappa shape index (κ3) is 3.45. The fourth-order valence-corrected chi connectivity index (χ4v) is 3.95. The van der Waals surface area contributed by atoms with Gasteiger partial charge in [-0.15, -0.1) is 11.3 Å². The van der Waals surface area contributed by atoms with Gasteiger partial charge in [0.25, 0.3) is 5.91 Å². The number of rotatable bonds is 4. The average molecular weight is 369 g/mol. The number of nitrogens with one attached hydrogen (secondary N) is 1. The van der Waals surface area contributed by atoms with Crippen molar-refractivity contribution < 1.29 is 4.79 Å². The van der Waals surface area contributed by atoms with Crippen molar-refractivity contribution in [3.63, 3.8) is 0 Å². The van der Waals surface area contributed by atoms with Gasteiger partial charge in [0.05, 0.1) is 23.3 Å². The first-order valence-electron chi connectivity index (χ1n) is 8.57. The highest BCUT2D eigenvalue weighted by Crippen LogP contribution is 2.27. The molecule has 0 unspecified atom stereocenters. The summed E-state index contributed by atoms with van der Waals surface area (Å²) in [5.74, 6) is 1.14. The summed E-state index contributed by atoms with van der Waals surface area (Å²) in [6.07, 6.45) is 7.20. The van der Waals surface area contributed by atoms with Crippen LogP contribution in [0.2, 0.25) is 0 Å². The second-order valence-electron chi connectivity index (χ2n) is 6.43. The van der Waals surface area contributed by atoms with E-state index >= 15 is 0 Å². The van der Waals surface area contributed by atoms with E-state index in [1.807, 2.05) is 28.2 Å². The molecule has 1 N–H and O–H groups in total. The molecule has 1 amide bonds. The Morgan fingerprint density at radius 1 is 1.35 bits per heavy atom. The number of pyridine rings is 1. The maximum Gasteiger partial charge on any atom is 0.255 e. The van der Waals surface area contributed by atoms with E-state index in [0.29, 0.717) is 18.7 Å². The fraction of sp³-hybridized carbons (Fsp3) is 0.333.